The zero-order valence-corrected chi connectivity index (χ0v) is 13.3. The van der Waals surface area contributed by atoms with Crippen molar-refractivity contribution in [2.75, 3.05) is 10.6 Å². The first-order chi connectivity index (χ1) is 12.3. The van der Waals surface area contributed by atoms with Crippen LogP contribution in [0.4, 0.5) is 30.6 Å². The molecule has 10 heteroatoms. The average molecular weight is 363 g/mol. The molecule has 1 aromatic carbocycles. The highest BCUT2D eigenvalue weighted by atomic mass is 19.4. The molecule has 0 bridgehead atoms. The van der Waals surface area contributed by atoms with Gasteiger partial charge in [0.05, 0.1) is 5.56 Å². The summed E-state index contributed by atoms with van der Waals surface area (Å²) >= 11 is 0. The van der Waals surface area contributed by atoms with Crippen LogP contribution in [0.1, 0.15) is 21.8 Å². The van der Waals surface area contributed by atoms with Gasteiger partial charge in [0.25, 0.3) is 5.91 Å². The topological polar surface area (TPSA) is 92.9 Å². The van der Waals surface area contributed by atoms with Gasteiger partial charge in [-0.2, -0.15) is 13.2 Å². The van der Waals surface area contributed by atoms with E-state index < -0.39 is 17.6 Å². The predicted octanol–water partition coefficient (Wildman–Crippen LogP) is 3.79. The summed E-state index contributed by atoms with van der Waals surface area (Å²) in [6.45, 7) is 1.68. The van der Waals surface area contributed by atoms with Crippen molar-refractivity contribution in [2.24, 2.45) is 0 Å². The molecule has 2 aromatic heterocycles. The maximum atomic E-state index is 12.6. The standard InChI is InChI=1S/C16H12F3N5O2/c1-9-8-13(24-26-9)23-14(25)12-6-7-20-15(22-12)21-11-4-2-10(3-5-11)16(17,18)19/h2-8H,1H3,(H,20,21,22)(H,23,24,25). The third kappa shape index (κ3) is 4.15. The van der Waals surface area contributed by atoms with Gasteiger partial charge in [-0.15, -0.1) is 0 Å². The van der Waals surface area contributed by atoms with Crippen LogP contribution >= 0.6 is 0 Å². The van der Waals surface area contributed by atoms with Crippen molar-refractivity contribution in [2.45, 2.75) is 13.1 Å². The second-order valence-corrected chi connectivity index (χ2v) is 5.24. The number of alkyl halides is 3. The maximum absolute atomic E-state index is 12.6. The fraction of sp³-hybridized carbons (Fsp3) is 0.125. The minimum absolute atomic E-state index is 0.0510. The molecule has 0 aliphatic carbocycles. The smallest absolute Gasteiger partial charge is 0.360 e. The number of amides is 1. The number of anilines is 3. The van der Waals surface area contributed by atoms with Crippen molar-refractivity contribution in [1.29, 1.82) is 0 Å². The molecule has 3 rings (SSSR count). The van der Waals surface area contributed by atoms with Crippen LogP contribution in [0.5, 0.6) is 0 Å². The molecular formula is C16H12F3N5O2. The summed E-state index contributed by atoms with van der Waals surface area (Å²) in [6.07, 6.45) is -3.06. The Kier molecular flexibility index (Phi) is 4.57. The molecular weight excluding hydrogens is 351 g/mol. The lowest BCUT2D eigenvalue weighted by Gasteiger charge is -2.09. The minimum Gasteiger partial charge on any atom is -0.360 e. The molecule has 0 aliphatic heterocycles. The molecule has 0 aliphatic rings. The molecule has 0 saturated heterocycles. The summed E-state index contributed by atoms with van der Waals surface area (Å²) in [4.78, 5) is 20.1. The Hall–Kier alpha value is -3.43. The van der Waals surface area contributed by atoms with Crippen LogP contribution < -0.4 is 10.6 Å². The minimum atomic E-state index is -4.41. The third-order valence-corrected chi connectivity index (χ3v) is 3.23. The maximum Gasteiger partial charge on any atom is 0.416 e. The number of aromatic nitrogens is 3. The largest absolute Gasteiger partial charge is 0.416 e. The van der Waals surface area contributed by atoms with Crippen LogP contribution in [0.15, 0.2) is 47.1 Å². The second kappa shape index (κ2) is 6.82. The predicted molar refractivity (Wildman–Crippen MR) is 86.0 cm³/mol. The zero-order chi connectivity index (χ0) is 18.7. The fourth-order valence-electron chi connectivity index (χ4n) is 2.02. The number of hydrogen-bond donors (Lipinski definition) is 2. The van der Waals surface area contributed by atoms with E-state index in [2.05, 4.69) is 25.8 Å². The Morgan fingerprint density at radius 3 is 2.50 bits per heavy atom. The Bertz CT molecular complexity index is 922. The number of hydrogen-bond acceptors (Lipinski definition) is 6. The molecule has 1 amide bonds. The van der Waals surface area contributed by atoms with E-state index in [4.69, 9.17) is 4.52 Å². The summed E-state index contributed by atoms with van der Waals surface area (Å²) in [7, 11) is 0. The molecule has 134 valence electrons. The summed E-state index contributed by atoms with van der Waals surface area (Å²) in [5.74, 6) is 0.306. The molecule has 0 atom stereocenters. The van der Waals surface area contributed by atoms with Gasteiger partial charge >= 0.3 is 6.18 Å². The molecule has 0 radical (unpaired) electrons. The van der Waals surface area contributed by atoms with E-state index in [9.17, 15) is 18.0 Å². The van der Waals surface area contributed by atoms with Crippen LogP contribution in [0.3, 0.4) is 0 Å². The van der Waals surface area contributed by atoms with Crippen molar-refractivity contribution in [3.05, 3.63) is 59.6 Å². The molecule has 2 heterocycles. The first-order valence-electron chi connectivity index (χ1n) is 7.33. The molecule has 26 heavy (non-hydrogen) atoms. The number of benzene rings is 1. The molecule has 0 fully saturated rings. The lowest BCUT2D eigenvalue weighted by atomic mass is 10.2. The van der Waals surface area contributed by atoms with Gasteiger partial charge in [0.1, 0.15) is 11.5 Å². The number of halogens is 3. The highest BCUT2D eigenvalue weighted by molar-refractivity contribution is 6.02. The van der Waals surface area contributed by atoms with Gasteiger partial charge in [-0.25, -0.2) is 9.97 Å². The van der Waals surface area contributed by atoms with E-state index in [1.807, 2.05) is 0 Å². The highest BCUT2D eigenvalue weighted by Crippen LogP contribution is 2.30. The van der Waals surface area contributed by atoms with E-state index in [1.54, 1.807) is 13.0 Å². The Labute approximate surface area is 145 Å². The van der Waals surface area contributed by atoms with Crippen LogP contribution in [0.25, 0.3) is 0 Å². The molecule has 2 N–H and O–H groups in total. The van der Waals surface area contributed by atoms with Crippen LogP contribution in [0, 0.1) is 6.92 Å². The van der Waals surface area contributed by atoms with Crippen molar-refractivity contribution in [1.82, 2.24) is 15.1 Å². The van der Waals surface area contributed by atoms with Crippen LogP contribution in [0.2, 0.25) is 0 Å². The molecule has 0 spiro atoms. The van der Waals surface area contributed by atoms with Gasteiger partial charge in [0, 0.05) is 18.0 Å². The summed E-state index contributed by atoms with van der Waals surface area (Å²) < 4.78 is 42.5. The average Bonchev–Trinajstić information content (AvgIpc) is 2.99. The van der Waals surface area contributed by atoms with Crippen LogP contribution in [-0.2, 0) is 6.18 Å². The normalized spacial score (nSPS) is 11.2. The number of aryl methyl sites for hydroxylation is 1. The molecule has 7 nitrogen and oxygen atoms in total. The highest BCUT2D eigenvalue weighted by Gasteiger charge is 2.29. The summed E-state index contributed by atoms with van der Waals surface area (Å²) in [6, 6.07) is 7.30. The van der Waals surface area contributed by atoms with Crippen molar-refractivity contribution in [3.63, 3.8) is 0 Å². The number of carbonyl (C=O) groups excluding carboxylic acids is 1. The third-order valence-electron chi connectivity index (χ3n) is 3.23. The van der Waals surface area contributed by atoms with Gasteiger partial charge in [0.2, 0.25) is 5.95 Å². The Morgan fingerprint density at radius 1 is 1.15 bits per heavy atom. The lowest BCUT2D eigenvalue weighted by Crippen LogP contribution is -2.15. The fourth-order valence-corrected chi connectivity index (χ4v) is 2.02. The Morgan fingerprint density at radius 2 is 1.88 bits per heavy atom. The van der Waals surface area contributed by atoms with E-state index >= 15 is 0 Å². The van der Waals surface area contributed by atoms with Gasteiger partial charge in [-0.3, -0.25) is 4.79 Å². The molecule has 0 unspecified atom stereocenters. The number of nitrogens with zero attached hydrogens (tertiary/aromatic N) is 3. The van der Waals surface area contributed by atoms with Gasteiger partial charge in [-0.05, 0) is 37.3 Å². The molecule has 3 aromatic rings. The van der Waals surface area contributed by atoms with Crippen molar-refractivity contribution < 1.29 is 22.5 Å². The monoisotopic (exact) mass is 363 g/mol. The molecule has 0 saturated carbocycles. The van der Waals surface area contributed by atoms with Crippen molar-refractivity contribution >= 4 is 23.4 Å². The second-order valence-electron chi connectivity index (χ2n) is 5.24. The van der Waals surface area contributed by atoms with E-state index in [0.29, 0.717) is 11.4 Å². The lowest BCUT2D eigenvalue weighted by molar-refractivity contribution is -0.137. The quantitative estimate of drug-likeness (QED) is 0.733. The van der Waals surface area contributed by atoms with E-state index in [0.717, 1.165) is 12.1 Å². The number of nitrogens with one attached hydrogen (secondary N) is 2. The SMILES string of the molecule is Cc1cc(NC(=O)c2ccnc(Nc3ccc(C(F)(F)F)cc3)n2)no1. The van der Waals surface area contributed by atoms with Gasteiger partial charge in [-0.1, -0.05) is 5.16 Å². The summed E-state index contributed by atoms with van der Waals surface area (Å²) in [5.41, 5.74) is -0.363. The summed E-state index contributed by atoms with van der Waals surface area (Å²) in [5, 5.41) is 8.89. The number of rotatable bonds is 4. The van der Waals surface area contributed by atoms with Crippen molar-refractivity contribution in [3.8, 4) is 0 Å². The zero-order valence-electron chi connectivity index (χ0n) is 13.3. The van der Waals surface area contributed by atoms with Gasteiger partial charge < -0.3 is 15.2 Å². The van der Waals surface area contributed by atoms with E-state index in [-0.39, 0.29) is 17.5 Å². The van der Waals surface area contributed by atoms with Gasteiger partial charge in [0.15, 0.2) is 5.82 Å². The number of carbonyl (C=O) groups is 1. The van der Waals surface area contributed by atoms with Crippen LogP contribution in [-0.4, -0.2) is 21.0 Å². The Balaban J connectivity index is 1.72. The first-order valence-corrected chi connectivity index (χ1v) is 7.33. The first kappa shape index (κ1) is 17.4. The van der Waals surface area contributed by atoms with E-state index in [1.165, 1.54) is 24.4 Å².